The Morgan fingerprint density at radius 1 is 1.02 bits per heavy atom. The van der Waals surface area contributed by atoms with Crippen LogP contribution in [0.25, 0.3) is 11.3 Å². The van der Waals surface area contributed by atoms with E-state index in [0.717, 1.165) is 28.9 Å². The molecular weight excluding hydrogens is 549 g/mol. The van der Waals surface area contributed by atoms with Crippen molar-refractivity contribution in [1.29, 1.82) is 0 Å². The number of aryl methyl sites for hydroxylation is 1. The predicted molar refractivity (Wildman–Crippen MR) is 165 cm³/mol. The van der Waals surface area contributed by atoms with E-state index in [4.69, 9.17) is 9.31 Å². The van der Waals surface area contributed by atoms with Crippen LogP contribution in [0.2, 0.25) is 0 Å². The van der Waals surface area contributed by atoms with Crippen LogP contribution >= 0.6 is 11.3 Å². The molecule has 1 aliphatic rings. The van der Waals surface area contributed by atoms with Crippen LogP contribution in [0.15, 0.2) is 77.2 Å². The number of hydrogen-bond donors (Lipinski definition) is 1. The molecule has 1 amide bonds. The molecule has 3 heterocycles. The summed E-state index contributed by atoms with van der Waals surface area (Å²) in [6.45, 7) is 10.6. The molecule has 9 nitrogen and oxygen atoms in total. The molecule has 2 aromatic carbocycles. The van der Waals surface area contributed by atoms with Gasteiger partial charge in [-0.2, -0.15) is 0 Å². The predicted octanol–water partition coefficient (Wildman–Crippen LogP) is 4.41. The minimum atomic E-state index is -0.648. The average Bonchev–Trinajstić information content (AvgIpc) is 3.66. The first-order valence-electron chi connectivity index (χ1n) is 14.4. The molecular formula is C31H38BN5O4S. The average molecular weight is 588 g/mol. The Bertz CT molecular complexity index is 1550. The van der Waals surface area contributed by atoms with Crippen LogP contribution in [-0.4, -0.2) is 49.7 Å². The van der Waals surface area contributed by atoms with Crippen molar-refractivity contribution in [2.45, 2.75) is 77.7 Å². The maximum absolute atomic E-state index is 14.1. The molecule has 0 spiro atoms. The third-order valence-corrected chi connectivity index (χ3v) is 8.92. The van der Waals surface area contributed by atoms with Gasteiger partial charge in [0.2, 0.25) is 5.91 Å². The van der Waals surface area contributed by atoms with Crippen LogP contribution in [0, 0.1) is 5.92 Å². The third kappa shape index (κ3) is 6.74. The fraction of sp³-hybridized carbons (Fsp3) is 0.419. The molecule has 2 atom stereocenters. The summed E-state index contributed by atoms with van der Waals surface area (Å²) in [7, 11) is -0.648. The number of aromatic nitrogens is 4. The van der Waals surface area contributed by atoms with Crippen molar-refractivity contribution in [3.8, 4) is 11.3 Å². The zero-order valence-electron chi connectivity index (χ0n) is 24.8. The standard InChI is InChI=1S/C31H38BN5O4S/c1-6-22-11-10-12-23(17-22)18-27(32-40-30(2,3)31(4,5)41-32)33-28(38)25(19-36-15-16-42-29(36)39)20-37-21-26(34-35-37)24-13-8-7-9-14-24/h7-17,21,25,27H,6,18-20H2,1-5H3,(H,33,38)/t25?,27-/m0/s1. The number of hydrogen-bond acceptors (Lipinski definition) is 7. The highest BCUT2D eigenvalue weighted by atomic mass is 32.1. The summed E-state index contributed by atoms with van der Waals surface area (Å²) in [5, 5.41) is 13.6. The quantitative estimate of drug-likeness (QED) is 0.261. The molecule has 0 bridgehead atoms. The molecule has 1 unspecified atom stereocenters. The van der Waals surface area contributed by atoms with Gasteiger partial charge in [0.05, 0.1) is 35.8 Å². The smallest absolute Gasteiger partial charge is 0.402 e. The molecule has 1 saturated heterocycles. The fourth-order valence-electron chi connectivity index (χ4n) is 5.04. The van der Waals surface area contributed by atoms with Crippen molar-refractivity contribution in [3.05, 3.63) is 93.2 Å². The molecule has 1 fully saturated rings. The molecule has 0 saturated carbocycles. The SMILES string of the molecule is CCc1cccc(C[C@H](NC(=O)C(Cn2cc(-c3ccccc3)nn2)Cn2ccsc2=O)B2OC(C)(C)C(C)(C)O2)c1. The lowest BCUT2D eigenvalue weighted by atomic mass is 9.74. The van der Waals surface area contributed by atoms with Gasteiger partial charge in [-0.05, 0) is 51.7 Å². The first-order valence-corrected chi connectivity index (χ1v) is 15.3. The lowest BCUT2D eigenvalue weighted by Crippen LogP contribution is -2.52. The van der Waals surface area contributed by atoms with Crippen LogP contribution < -0.4 is 10.2 Å². The Morgan fingerprint density at radius 2 is 1.74 bits per heavy atom. The number of nitrogens with one attached hydrogen (secondary N) is 1. The summed E-state index contributed by atoms with van der Waals surface area (Å²) in [5.74, 6) is -1.27. The van der Waals surface area contributed by atoms with Crippen LogP contribution in [0.3, 0.4) is 0 Å². The molecule has 11 heteroatoms. The number of benzene rings is 2. The van der Waals surface area contributed by atoms with Crippen molar-refractivity contribution in [2.75, 3.05) is 0 Å². The second-order valence-corrected chi connectivity index (χ2v) is 12.7. The van der Waals surface area contributed by atoms with Gasteiger partial charge in [-0.3, -0.25) is 14.3 Å². The number of nitrogens with zero attached hydrogens (tertiary/aromatic N) is 4. The Hall–Kier alpha value is -3.54. The number of carbonyl (C=O) groups excluding carboxylic acids is 1. The van der Waals surface area contributed by atoms with E-state index in [0.29, 0.717) is 12.1 Å². The summed E-state index contributed by atoms with van der Waals surface area (Å²) >= 11 is 1.11. The third-order valence-electron chi connectivity index (χ3n) is 8.23. The molecule has 42 heavy (non-hydrogen) atoms. The van der Waals surface area contributed by atoms with Crippen molar-refractivity contribution >= 4 is 24.4 Å². The first-order chi connectivity index (χ1) is 20.0. The Kier molecular flexibility index (Phi) is 8.82. The fourth-order valence-corrected chi connectivity index (χ4v) is 5.64. The van der Waals surface area contributed by atoms with Crippen LogP contribution in [0.4, 0.5) is 0 Å². The Morgan fingerprint density at radius 3 is 2.40 bits per heavy atom. The van der Waals surface area contributed by atoms with Crippen molar-refractivity contribution < 1.29 is 14.1 Å². The second-order valence-electron chi connectivity index (χ2n) is 11.8. The summed E-state index contributed by atoms with van der Waals surface area (Å²) in [5.41, 5.74) is 2.86. The number of carbonyl (C=O) groups is 1. The van der Waals surface area contributed by atoms with Gasteiger partial charge < -0.3 is 19.2 Å². The van der Waals surface area contributed by atoms with E-state index in [1.807, 2.05) is 70.3 Å². The van der Waals surface area contributed by atoms with Gasteiger partial charge in [-0.15, -0.1) is 5.10 Å². The van der Waals surface area contributed by atoms with E-state index in [2.05, 4.69) is 40.8 Å². The summed E-state index contributed by atoms with van der Waals surface area (Å²) in [6, 6.07) is 18.1. The summed E-state index contributed by atoms with van der Waals surface area (Å²) in [4.78, 5) is 26.4. The van der Waals surface area contributed by atoms with E-state index < -0.39 is 30.2 Å². The zero-order chi connectivity index (χ0) is 29.9. The Labute approximate surface area is 251 Å². The van der Waals surface area contributed by atoms with Gasteiger partial charge in [0, 0.05) is 23.7 Å². The largest absolute Gasteiger partial charge is 0.482 e. The van der Waals surface area contributed by atoms with Gasteiger partial charge in [0.1, 0.15) is 5.69 Å². The van der Waals surface area contributed by atoms with Gasteiger partial charge in [-0.1, -0.05) is 78.1 Å². The van der Waals surface area contributed by atoms with Crippen LogP contribution in [-0.2, 0) is 40.0 Å². The minimum absolute atomic E-state index is 0.116. The topological polar surface area (TPSA) is 100 Å². The van der Waals surface area contributed by atoms with E-state index in [1.54, 1.807) is 20.8 Å². The highest BCUT2D eigenvalue weighted by molar-refractivity contribution is 7.07. The number of thiazole rings is 1. The normalized spacial score (nSPS) is 17.2. The molecule has 1 N–H and O–H groups in total. The van der Waals surface area contributed by atoms with Gasteiger partial charge in [-0.25, -0.2) is 0 Å². The highest BCUT2D eigenvalue weighted by Gasteiger charge is 2.54. The minimum Gasteiger partial charge on any atom is -0.402 e. The van der Waals surface area contributed by atoms with E-state index in [9.17, 15) is 9.59 Å². The molecule has 0 radical (unpaired) electrons. The maximum Gasteiger partial charge on any atom is 0.482 e. The van der Waals surface area contributed by atoms with E-state index in [1.165, 1.54) is 5.56 Å². The molecule has 0 aliphatic carbocycles. The van der Waals surface area contributed by atoms with Gasteiger partial charge in [0.25, 0.3) is 0 Å². The lowest BCUT2D eigenvalue weighted by Gasteiger charge is -2.32. The highest BCUT2D eigenvalue weighted by Crippen LogP contribution is 2.38. The van der Waals surface area contributed by atoms with Crippen molar-refractivity contribution in [3.63, 3.8) is 0 Å². The summed E-state index contributed by atoms with van der Waals surface area (Å²) in [6.07, 6.45) is 4.99. The molecule has 1 aliphatic heterocycles. The van der Waals surface area contributed by atoms with Gasteiger partial charge in [0.15, 0.2) is 0 Å². The van der Waals surface area contributed by atoms with Crippen LogP contribution in [0.1, 0.15) is 45.7 Å². The molecule has 220 valence electrons. The molecule has 4 aromatic rings. The molecule has 2 aromatic heterocycles. The van der Waals surface area contributed by atoms with E-state index >= 15 is 0 Å². The van der Waals surface area contributed by atoms with Crippen LogP contribution in [0.5, 0.6) is 0 Å². The number of amides is 1. The lowest BCUT2D eigenvalue weighted by molar-refractivity contribution is -0.126. The molecule has 5 rings (SSSR count). The Balaban J connectivity index is 1.41. The van der Waals surface area contributed by atoms with Crippen molar-refractivity contribution in [1.82, 2.24) is 24.9 Å². The summed E-state index contributed by atoms with van der Waals surface area (Å²) < 4.78 is 16.1. The van der Waals surface area contributed by atoms with E-state index in [-0.39, 0.29) is 23.9 Å². The monoisotopic (exact) mass is 587 g/mol. The number of rotatable bonds is 11. The van der Waals surface area contributed by atoms with Crippen molar-refractivity contribution in [2.24, 2.45) is 5.92 Å². The van der Waals surface area contributed by atoms with Gasteiger partial charge >= 0.3 is 12.0 Å². The second kappa shape index (κ2) is 12.4. The maximum atomic E-state index is 14.1. The zero-order valence-corrected chi connectivity index (χ0v) is 25.6. The first kappa shape index (κ1) is 29.9.